The molecule has 6 nitrogen and oxygen atoms in total. The second-order valence-electron chi connectivity index (χ2n) is 5.67. The van der Waals surface area contributed by atoms with Crippen LogP contribution in [0.15, 0.2) is 30.3 Å². The lowest BCUT2D eigenvalue weighted by atomic mass is 10.1. The second-order valence-corrected chi connectivity index (χ2v) is 6.22. The summed E-state index contributed by atoms with van der Waals surface area (Å²) in [6.45, 7) is 3.11. The van der Waals surface area contributed by atoms with Gasteiger partial charge in [0.15, 0.2) is 11.9 Å². The molecule has 1 unspecified atom stereocenters. The van der Waals surface area contributed by atoms with Crippen LogP contribution >= 0.6 is 11.6 Å². The number of hydrogen-bond donors (Lipinski definition) is 0. The highest BCUT2D eigenvalue weighted by Crippen LogP contribution is 2.35. The molecule has 0 amide bonds. The zero-order valence-electron chi connectivity index (χ0n) is 13.5. The van der Waals surface area contributed by atoms with Crippen LogP contribution in [0.5, 0.6) is 0 Å². The first-order chi connectivity index (χ1) is 11.2. The highest BCUT2D eigenvalue weighted by molar-refractivity contribution is 6.33. The molecule has 1 saturated heterocycles. The van der Waals surface area contributed by atoms with Crippen molar-refractivity contribution < 1.29 is 32.9 Å². The van der Waals surface area contributed by atoms with Crippen molar-refractivity contribution in [2.45, 2.75) is 37.0 Å². The Labute approximate surface area is 143 Å². The fourth-order valence-electron chi connectivity index (χ4n) is 2.26. The van der Waals surface area contributed by atoms with Gasteiger partial charge in [0.05, 0.1) is 19.3 Å². The van der Waals surface area contributed by atoms with Gasteiger partial charge in [0.25, 0.3) is 0 Å². The lowest BCUT2D eigenvalue weighted by molar-refractivity contribution is -0.174. The maximum absolute atomic E-state index is 14.8. The Morgan fingerprint density at radius 2 is 2.00 bits per heavy atom. The average molecular weight is 361 g/mol. The molecular formula is C16H18ClFO6. The van der Waals surface area contributed by atoms with E-state index >= 15 is 0 Å². The molecule has 0 aromatic heterocycles. The minimum atomic E-state index is -3.12. The molecule has 3 atom stereocenters. The van der Waals surface area contributed by atoms with Gasteiger partial charge in [0, 0.05) is 0 Å². The lowest BCUT2D eigenvalue weighted by Crippen LogP contribution is -2.51. The SMILES string of the molecule is COC(=O)C(F)(Cl)[C@H](OC(=O)c1ccccc1)[C@H]1COC(C)(C)O1. The van der Waals surface area contributed by atoms with Crippen molar-refractivity contribution in [2.24, 2.45) is 0 Å². The standard InChI is InChI=1S/C16H18ClFO6/c1-15(2)22-9-11(24-15)12(16(17,18)14(20)21-3)23-13(19)10-7-5-4-6-8-10/h4-8,11-12H,9H2,1-3H3/t11-,12-,16?/m1/s1. The largest absolute Gasteiger partial charge is 0.466 e. The van der Waals surface area contributed by atoms with Crippen molar-refractivity contribution in [3.05, 3.63) is 35.9 Å². The summed E-state index contributed by atoms with van der Waals surface area (Å²) < 4.78 is 35.2. The number of alkyl halides is 2. The molecule has 24 heavy (non-hydrogen) atoms. The van der Waals surface area contributed by atoms with Gasteiger partial charge in [0.2, 0.25) is 0 Å². The van der Waals surface area contributed by atoms with Crippen molar-refractivity contribution in [2.75, 3.05) is 13.7 Å². The van der Waals surface area contributed by atoms with Gasteiger partial charge in [-0.2, -0.15) is 0 Å². The summed E-state index contributed by atoms with van der Waals surface area (Å²) in [5, 5.41) is -3.12. The zero-order valence-corrected chi connectivity index (χ0v) is 14.2. The maximum atomic E-state index is 14.8. The number of carbonyl (C=O) groups is 2. The number of carbonyl (C=O) groups excluding carboxylic acids is 2. The van der Waals surface area contributed by atoms with E-state index in [4.69, 9.17) is 25.8 Å². The molecule has 0 aliphatic carbocycles. The van der Waals surface area contributed by atoms with Crippen molar-refractivity contribution >= 4 is 23.5 Å². The summed E-state index contributed by atoms with van der Waals surface area (Å²) in [6.07, 6.45) is -2.82. The van der Waals surface area contributed by atoms with Gasteiger partial charge in [-0.15, -0.1) is 0 Å². The van der Waals surface area contributed by atoms with Crippen molar-refractivity contribution in [3.63, 3.8) is 0 Å². The molecule has 8 heteroatoms. The number of ether oxygens (including phenoxy) is 4. The summed E-state index contributed by atoms with van der Waals surface area (Å²) in [4.78, 5) is 23.9. The number of halogens is 2. The third-order valence-electron chi connectivity index (χ3n) is 3.43. The topological polar surface area (TPSA) is 71.1 Å². The Kier molecular flexibility index (Phi) is 5.47. The third-order valence-corrected chi connectivity index (χ3v) is 3.80. The van der Waals surface area contributed by atoms with Crippen molar-refractivity contribution in [3.8, 4) is 0 Å². The second kappa shape index (κ2) is 7.04. The first kappa shape index (κ1) is 18.6. The minimum Gasteiger partial charge on any atom is -0.466 e. The summed E-state index contributed by atoms with van der Waals surface area (Å²) in [5.74, 6) is -3.26. The molecule has 1 aromatic rings. The van der Waals surface area contributed by atoms with Gasteiger partial charge in [-0.3, -0.25) is 0 Å². The van der Waals surface area contributed by atoms with Crippen molar-refractivity contribution in [1.29, 1.82) is 0 Å². The molecule has 2 rings (SSSR count). The molecule has 1 aliphatic rings. The fourth-order valence-corrected chi connectivity index (χ4v) is 2.52. The van der Waals surface area contributed by atoms with E-state index in [2.05, 4.69) is 4.74 Å². The Morgan fingerprint density at radius 3 is 2.50 bits per heavy atom. The Hall–Kier alpha value is -1.70. The Balaban J connectivity index is 2.26. The molecule has 0 N–H and O–H groups in total. The lowest BCUT2D eigenvalue weighted by Gasteiger charge is -2.30. The van der Waals surface area contributed by atoms with Gasteiger partial charge in [-0.1, -0.05) is 29.8 Å². The Morgan fingerprint density at radius 1 is 1.38 bits per heavy atom. The molecule has 1 aromatic carbocycles. The highest BCUT2D eigenvalue weighted by atomic mass is 35.5. The summed E-state index contributed by atoms with van der Waals surface area (Å²) in [5.41, 5.74) is 0.179. The zero-order chi connectivity index (χ0) is 18.0. The van der Waals surface area contributed by atoms with Crippen LogP contribution in [0.3, 0.4) is 0 Å². The van der Waals surface area contributed by atoms with Crippen LogP contribution in [0, 0.1) is 0 Å². The quantitative estimate of drug-likeness (QED) is 0.593. The fraction of sp³-hybridized carbons (Fsp3) is 0.500. The summed E-state index contributed by atoms with van der Waals surface area (Å²) in [7, 11) is 0.977. The molecular weight excluding hydrogens is 343 g/mol. The van der Waals surface area contributed by atoms with E-state index in [9.17, 15) is 14.0 Å². The monoisotopic (exact) mass is 360 g/mol. The molecule has 1 aliphatic heterocycles. The van der Waals surface area contributed by atoms with E-state index in [1.807, 2.05) is 0 Å². The van der Waals surface area contributed by atoms with Crippen molar-refractivity contribution in [1.82, 2.24) is 0 Å². The van der Waals surface area contributed by atoms with Crippen LogP contribution in [-0.4, -0.2) is 48.8 Å². The van der Waals surface area contributed by atoms with Crippen LogP contribution in [0.4, 0.5) is 4.39 Å². The van der Waals surface area contributed by atoms with Crippen LogP contribution < -0.4 is 0 Å². The number of hydrogen-bond acceptors (Lipinski definition) is 6. The molecule has 1 fully saturated rings. The van der Waals surface area contributed by atoms with E-state index in [0.29, 0.717) is 0 Å². The van der Waals surface area contributed by atoms with E-state index < -0.39 is 35.1 Å². The summed E-state index contributed by atoms with van der Waals surface area (Å²) in [6, 6.07) is 7.92. The van der Waals surface area contributed by atoms with Gasteiger partial charge < -0.3 is 18.9 Å². The van der Waals surface area contributed by atoms with Crippen LogP contribution in [0.25, 0.3) is 0 Å². The first-order valence-electron chi connectivity index (χ1n) is 7.21. The predicted molar refractivity (Wildman–Crippen MR) is 82.3 cm³/mol. The molecule has 1 heterocycles. The van der Waals surface area contributed by atoms with E-state index in [1.165, 1.54) is 12.1 Å². The molecule has 0 radical (unpaired) electrons. The third kappa shape index (κ3) is 4.03. The normalized spacial score (nSPS) is 23.1. The summed E-state index contributed by atoms with van der Waals surface area (Å²) >= 11 is 5.70. The highest BCUT2D eigenvalue weighted by Gasteiger charge is 2.56. The molecule has 0 saturated carbocycles. The van der Waals surface area contributed by atoms with Gasteiger partial charge in [-0.05, 0) is 26.0 Å². The van der Waals surface area contributed by atoms with E-state index in [1.54, 1.807) is 32.0 Å². The molecule has 0 bridgehead atoms. The average Bonchev–Trinajstić information content (AvgIpc) is 2.91. The van der Waals surface area contributed by atoms with Gasteiger partial charge in [-0.25, -0.2) is 14.0 Å². The van der Waals surface area contributed by atoms with Crippen LogP contribution in [0.2, 0.25) is 0 Å². The smallest absolute Gasteiger partial charge is 0.363 e. The number of benzene rings is 1. The van der Waals surface area contributed by atoms with Crippen LogP contribution in [-0.2, 0) is 23.7 Å². The minimum absolute atomic E-state index is 0.102. The number of methoxy groups -OCH3 is 1. The maximum Gasteiger partial charge on any atom is 0.363 e. The first-order valence-corrected chi connectivity index (χ1v) is 7.59. The molecule has 132 valence electrons. The van der Waals surface area contributed by atoms with Crippen LogP contribution in [0.1, 0.15) is 24.2 Å². The van der Waals surface area contributed by atoms with E-state index in [-0.39, 0.29) is 12.2 Å². The molecule has 0 spiro atoms. The number of esters is 2. The Bertz CT molecular complexity index is 604. The van der Waals surface area contributed by atoms with Gasteiger partial charge in [0.1, 0.15) is 6.10 Å². The van der Waals surface area contributed by atoms with Gasteiger partial charge >= 0.3 is 17.1 Å². The van der Waals surface area contributed by atoms with E-state index in [0.717, 1.165) is 7.11 Å². The predicted octanol–water partition coefficient (Wildman–Crippen LogP) is 2.44. The number of rotatable bonds is 5.